The van der Waals surface area contributed by atoms with Crippen LogP contribution in [-0.2, 0) is 4.74 Å². The number of nitrogens with zero attached hydrogens (tertiary/aromatic N) is 3. The molecule has 23 heavy (non-hydrogen) atoms. The van der Waals surface area contributed by atoms with Crippen molar-refractivity contribution in [3.63, 3.8) is 0 Å². The lowest BCUT2D eigenvalue weighted by molar-refractivity contribution is 0.0527. The number of nitrogens with one attached hydrogen (secondary N) is 1. The van der Waals surface area contributed by atoms with Crippen LogP contribution in [-0.4, -0.2) is 47.4 Å². The van der Waals surface area contributed by atoms with Crippen LogP contribution in [0, 0.1) is 6.92 Å². The fourth-order valence-corrected chi connectivity index (χ4v) is 2.49. The molecule has 1 atom stereocenters. The van der Waals surface area contributed by atoms with Crippen molar-refractivity contribution in [1.29, 1.82) is 0 Å². The van der Waals surface area contributed by atoms with Crippen molar-refractivity contribution in [3.8, 4) is 0 Å². The predicted octanol–water partition coefficient (Wildman–Crippen LogP) is 2.16. The number of urea groups is 1. The molecule has 3 rings (SSSR count). The number of halogens is 1. The Balaban J connectivity index is 1.82. The highest BCUT2D eigenvalue weighted by Gasteiger charge is 2.25. The van der Waals surface area contributed by atoms with E-state index in [1.54, 1.807) is 24.0 Å². The molecule has 0 bridgehead atoms. The minimum absolute atomic E-state index is 0.185. The maximum absolute atomic E-state index is 12.5. The number of benzene rings is 1. The SMILES string of the molecule is Cc1nc(C(NC(=O)N2CCOCC2)c2ccc(Cl)cc2)no1. The molecule has 8 heteroatoms. The summed E-state index contributed by atoms with van der Waals surface area (Å²) in [5.41, 5.74) is 0.830. The first-order valence-corrected chi connectivity index (χ1v) is 7.70. The number of ether oxygens (including phenoxy) is 1. The highest BCUT2D eigenvalue weighted by atomic mass is 35.5. The molecule has 1 fully saturated rings. The summed E-state index contributed by atoms with van der Waals surface area (Å²) in [7, 11) is 0. The standard InChI is InChI=1S/C15H17ClN4O3/c1-10-17-14(19-23-10)13(11-2-4-12(16)5-3-11)18-15(21)20-6-8-22-9-7-20/h2-5,13H,6-9H2,1H3,(H,18,21). The van der Waals surface area contributed by atoms with Crippen molar-refractivity contribution in [2.24, 2.45) is 0 Å². The lowest BCUT2D eigenvalue weighted by Crippen LogP contribution is -2.47. The first-order chi connectivity index (χ1) is 11.1. The molecule has 1 aliphatic rings. The summed E-state index contributed by atoms with van der Waals surface area (Å²) >= 11 is 5.93. The first-order valence-electron chi connectivity index (χ1n) is 7.32. The van der Waals surface area contributed by atoms with Crippen LogP contribution in [0.5, 0.6) is 0 Å². The van der Waals surface area contributed by atoms with E-state index in [9.17, 15) is 4.79 Å². The Morgan fingerprint density at radius 3 is 2.61 bits per heavy atom. The molecule has 2 amide bonds. The average Bonchev–Trinajstić information content (AvgIpc) is 3.00. The van der Waals surface area contributed by atoms with Crippen LogP contribution in [0.2, 0.25) is 5.02 Å². The third-order valence-electron chi connectivity index (χ3n) is 3.57. The number of hydrogen-bond donors (Lipinski definition) is 1. The minimum atomic E-state index is -0.500. The Morgan fingerprint density at radius 1 is 1.30 bits per heavy atom. The fourth-order valence-electron chi connectivity index (χ4n) is 2.37. The molecule has 1 aromatic heterocycles. The third kappa shape index (κ3) is 3.80. The maximum atomic E-state index is 12.5. The molecule has 1 aliphatic heterocycles. The van der Waals surface area contributed by atoms with Crippen LogP contribution in [0.1, 0.15) is 23.3 Å². The second-order valence-corrected chi connectivity index (χ2v) is 5.64. The van der Waals surface area contributed by atoms with Crippen molar-refractivity contribution < 1.29 is 14.1 Å². The van der Waals surface area contributed by atoms with Gasteiger partial charge in [-0.2, -0.15) is 4.98 Å². The second-order valence-electron chi connectivity index (χ2n) is 5.21. The van der Waals surface area contributed by atoms with E-state index in [-0.39, 0.29) is 6.03 Å². The smallest absolute Gasteiger partial charge is 0.318 e. The van der Waals surface area contributed by atoms with E-state index < -0.39 is 6.04 Å². The summed E-state index contributed by atoms with van der Waals surface area (Å²) < 4.78 is 10.3. The summed E-state index contributed by atoms with van der Waals surface area (Å²) in [6.45, 7) is 3.91. The van der Waals surface area contributed by atoms with Crippen molar-refractivity contribution in [2.45, 2.75) is 13.0 Å². The molecule has 0 saturated carbocycles. The monoisotopic (exact) mass is 336 g/mol. The first kappa shape index (κ1) is 15.8. The zero-order valence-electron chi connectivity index (χ0n) is 12.7. The maximum Gasteiger partial charge on any atom is 0.318 e. The van der Waals surface area contributed by atoms with Gasteiger partial charge >= 0.3 is 6.03 Å². The highest BCUT2D eigenvalue weighted by molar-refractivity contribution is 6.30. The molecule has 0 radical (unpaired) electrons. The highest BCUT2D eigenvalue weighted by Crippen LogP contribution is 2.22. The average molecular weight is 337 g/mol. The van der Waals surface area contributed by atoms with Gasteiger partial charge in [0.2, 0.25) is 5.89 Å². The Morgan fingerprint density at radius 2 is 2.00 bits per heavy atom. The molecule has 0 spiro atoms. The van der Waals surface area contributed by atoms with Crippen LogP contribution < -0.4 is 5.32 Å². The topological polar surface area (TPSA) is 80.5 Å². The van der Waals surface area contributed by atoms with Gasteiger partial charge in [0.15, 0.2) is 5.82 Å². The number of amides is 2. The van der Waals surface area contributed by atoms with Crippen LogP contribution in [0.15, 0.2) is 28.8 Å². The summed E-state index contributed by atoms with van der Waals surface area (Å²) in [4.78, 5) is 18.4. The van der Waals surface area contributed by atoms with Gasteiger partial charge in [0.1, 0.15) is 6.04 Å². The molecule has 2 aromatic rings. The quantitative estimate of drug-likeness (QED) is 0.929. The molecule has 2 heterocycles. The van der Waals surface area contributed by atoms with E-state index in [1.807, 2.05) is 12.1 Å². The Labute approximate surface area is 138 Å². The number of carbonyl (C=O) groups is 1. The molecule has 1 aromatic carbocycles. The molecule has 1 unspecified atom stereocenters. The minimum Gasteiger partial charge on any atom is -0.378 e. The number of aryl methyl sites for hydroxylation is 1. The molecule has 1 N–H and O–H groups in total. The summed E-state index contributed by atoms with van der Waals surface area (Å²) in [6.07, 6.45) is 0. The lowest BCUT2D eigenvalue weighted by Gasteiger charge is -2.28. The Kier molecular flexibility index (Phi) is 4.78. The van der Waals surface area contributed by atoms with E-state index in [1.165, 1.54) is 0 Å². The number of aromatic nitrogens is 2. The van der Waals surface area contributed by atoms with Gasteiger partial charge in [-0.25, -0.2) is 4.79 Å². The van der Waals surface area contributed by atoms with Gasteiger partial charge in [0, 0.05) is 25.0 Å². The number of hydrogen-bond acceptors (Lipinski definition) is 5. The largest absolute Gasteiger partial charge is 0.378 e. The van der Waals surface area contributed by atoms with Crippen molar-refractivity contribution in [3.05, 3.63) is 46.6 Å². The van der Waals surface area contributed by atoms with E-state index in [0.29, 0.717) is 43.0 Å². The van der Waals surface area contributed by atoms with Crippen molar-refractivity contribution >= 4 is 17.6 Å². The molecule has 0 aliphatic carbocycles. The van der Waals surface area contributed by atoms with Gasteiger partial charge in [-0.15, -0.1) is 0 Å². The van der Waals surface area contributed by atoms with Crippen molar-refractivity contribution in [2.75, 3.05) is 26.3 Å². The molecule has 7 nitrogen and oxygen atoms in total. The van der Waals surface area contributed by atoms with E-state index in [0.717, 1.165) is 5.56 Å². The number of carbonyl (C=O) groups excluding carboxylic acids is 1. The van der Waals surface area contributed by atoms with Crippen LogP contribution in [0.25, 0.3) is 0 Å². The zero-order chi connectivity index (χ0) is 16.2. The Bertz CT molecular complexity index is 668. The molecule has 1 saturated heterocycles. The van der Waals surface area contributed by atoms with Gasteiger partial charge in [-0.3, -0.25) is 0 Å². The molecular weight excluding hydrogens is 320 g/mol. The van der Waals surface area contributed by atoms with Crippen LogP contribution >= 0.6 is 11.6 Å². The molecular formula is C15H17ClN4O3. The lowest BCUT2D eigenvalue weighted by atomic mass is 10.1. The fraction of sp³-hybridized carbons (Fsp3) is 0.400. The van der Waals surface area contributed by atoms with Gasteiger partial charge < -0.3 is 19.5 Å². The van der Waals surface area contributed by atoms with Gasteiger partial charge in [-0.05, 0) is 17.7 Å². The number of morpholine rings is 1. The third-order valence-corrected chi connectivity index (χ3v) is 3.82. The van der Waals surface area contributed by atoms with E-state index >= 15 is 0 Å². The predicted molar refractivity (Wildman–Crippen MR) is 83.3 cm³/mol. The second kappa shape index (κ2) is 6.97. The van der Waals surface area contributed by atoms with Gasteiger partial charge in [0.05, 0.1) is 13.2 Å². The van der Waals surface area contributed by atoms with E-state index in [2.05, 4.69) is 15.5 Å². The Hall–Kier alpha value is -2.12. The van der Waals surface area contributed by atoms with Crippen LogP contribution in [0.4, 0.5) is 4.79 Å². The van der Waals surface area contributed by atoms with Gasteiger partial charge in [-0.1, -0.05) is 28.9 Å². The normalized spacial score (nSPS) is 16.2. The zero-order valence-corrected chi connectivity index (χ0v) is 13.4. The van der Waals surface area contributed by atoms with Crippen molar-refractivity contribution in [1.82, 2.24) is 20.4 Å². The summed E-state index contributed by atoms with van der Waals surface area (Å²) in [6, 6.07) is 6.50. The number of rotatable bonds is 3. The van der Waals surface area contributed by atoms with E-state index in [4.69, 9.17) is 20.9 Å². The summed E-state index contributed by atoms with van der Waals surface area (Å²) in [5, 5.41) is 7.51. The molecule has 122 valence electrons. The van der Waals surface area contributed by atoms with Crippen LogP contribution in [0.3, 0.4) is 0 Å². The van der Waals surface area contributed by atoms with Gasteiger partial charge in [0.25, 0.3) is 0 Å². The summed E-state index contributed by atoms with van der Waals surface area (Å²) in [5.74, 6) is 0.853.